The summed E-state index contributed by atoms with van der Waals surface area (Å²) in [5.41, 5.74) is 1.28. The van der Waals surface area contributed by atoms with E-state index in [0.717, 1.165) is 0 Å². The summed E-state index contributed by atoms with van der Waals surface area (Å²) in [5.74, 6) is -0.0406. The number of imidazole rings is 1. The summed E-state index contributed by atoms with van der Waals surface area (Å²) in [6.07, 6.45) is 3.23. The monoisotopic (exact) mass is 258 g/mol. The minimum absolute atomic E-state index is 0.254. The molecule has 0 amide bonds. The van der Waals surface area contributed by atoms with Crippen molar-refractivity contribution in [2.75, 3.05) is 0 Å². The van der Waals surface area contributed by atoms with Crippen molar-refractivity contribution in [3.05, 3.63) is 30.4 Å². The number of carboxylic acid groups (broad SMARTS) is 1. The minimum Gasteiger partial charge on any atom is -0.480 e. The third kappa shape index (κ3) is 1.92. The lowest BCUT2D eigenvalue weighted by atomic mass is 10.4. The summed E-state index contributed by atoms with van der Waals surface area (Å²) < 4.78 is 2.93. The second-order valence-electron chi connectivity index (χ2n) is 3.97. The first kappa shape index (κ1) is 11.3. The van der Waals surface area contributed by atoms with Crippen molar-refractivity contribution in [3.8, 4) is 11.5 Å². The maximum absolute atomic E-state index is 10.8. The van der Waals surface area contributed by atoms with Gasteiger partial charge in [0, 0.05) is 6.20 Å². The van der Waals surface area contributed by atoms with Gasteiger partial charge in [-0.05, 0) is 19.1 Å². The molecule has 1 N–H and O–H groups in total. The van der Waals surface area contributed by atoms with E-state index in [2.05, 4.69) is 20.2 Å². The standard InChI is InChI=1S/C11H10N6O2/c1-7-14-11(16(15-7)6-10(18)19)8-5-12-9-3-2-4-13-17(8)9/h2-5H,6H2,1H3,(H,18,19). The van der Waals surface area contributed by atoms with Crippen LogP contribution in [0.4, 0.5) is 0 Å². The molecule has 0 atom stereocenters. The largest absolute Gasteiger partial charge is 0.480 e. The maximum atomic E-state index is 10.8. The van der Waals surface area contributed by atoms with E-state index >= 15 is 0 Å². The van der Waals surface area contributed by atoms with Crippen molar-refractivity contribution in [1.29, 1.82) is 0 Å². The Morgan fingerprint density at radius 3 is 3.11 bits per heavy atom. The number of nitrogens with zero attached hydrogens (tertiary/aromatic N) is 6. The van der Waals surface area contributed by atoms with E-state index in [1.54, 1.807) is 36.0 Å². The van der Waals surface area contributed by atoms with Crippen LogP contribution in [0.1, 0.15) is 5.82 Å². The smallest absolute Gasteiger partial charge is 0.325 e. The molecule has 8 heteroatoms. The fraction of sp³-hybridized carbons (Fsp3) is 0.182. The van der Waals surface area contributed by atoms with Gasteiger partial charge in [0.2, 0.25) is 0 Å². The molecule has 0 unspecified atom stereocenters. The molecule has 0 aliphatic carbocycles. The number of aryl methyl sites for hydroxylation is 1. The Morgan fingerprint density at radius 1 is 1.47 bits per heavy atom. The number of fused-ring (bicyclic) bond motifs is 1. The van der Waals surface area contributed by atoms with Crippen LogP contribution in [0.15, 0.2) is 24.5 Å². The zero-order valence-electron chi connectivity index (χ0n) is 10.1. The number of carbonyl (C=O) groups is 1. The second-order valence-corrected chi connectivity index (χ2v) is 3.97. The molecule has 0 aliphatic heterocycles. The van der Waals surface area contributed by atoms with Crippen molar-refractivity contribution in [3.63, 3.8) is 0 Å². The highest BCUT2D eigenvalue weighted by molar-refractivity contribution is 5.67. The van der Waals surface area contributed by atoms with E-state index in [1.807, 2.05) is 0 Å². The van der Waals surface area contributed by atoms with Crippen molar-refractivity contribution >= 4 is 11.6 Å². The van der Waals surface area contributed by atoms with Crippen molar-refractivity contribution in [1.82, 2.24) is 29.4 Å². The van der Waals surface area contributed by atoms with Gasteiger partial charge >= 0.3 is 5.97 Å². The molecule has 96 valence electrons. The van der Waals surface area contributed by atoms with Crippen molar-refractivity contribution in [2.45, 2.75) is 13.5 Å². The van der Waals surface area contributed by atoms with Crippen LogP contribution in [0, 0.1) is 6.92 Å². The Bertz CT molecular complexity index is 759. The molecule has 8 nitrogen and oxygen atoms in total. The average molecular weight is 258 g/mol. The lowest BCUT2D eigenvalue weighted by Crippen LogP contribution is -2.12. The van der Waals surface area contributed by atoms with Crippen LogP contribution in [0.25, 0.3) is 17.2 Å². The van der Waals surface area contributed by atoms with Crippen molar-refractivity contribution in [2.24, 2.45) is 0 Å². The number of hydrogen-bond donors (Lipinski definition) is 1. The van der Waals surface area contributed by atoms with E-state index in [1.165, 1.54) is 4.68 Å². The number of rotatable bonds is 3. The van der Waals surface area contributed by atoms with Crippen LogP contribution < -0.4 is 0 Å². The average Bonchev–Trinajstić information content (AvgIpc) is 2.92. The zero-order valence-corrected chi connectivity index (χ0v) is 10.1. The van der Waals surface area contributed by atoms with Gasteiger partial charge in [-0.25, -0.2) is 19.2 Å². The first-order valence-electron chi connectivity index (χ1n) is 5.57. The predicted octanol–water partition coefficient (Wildman–Crippen LogP) is 0.381. The van der Waals surface area contributed by atoms with Crippen LogP contribution in [-0.2, 0) is 11.3 Å². The van der Waals surface area contributed by atoms with E-state index in [9.17, 15) is 4.79 Å². The molecule has 0 saturated heterocycles. The van der Waals surface area contributed by atoms with Crippen LogP contribution >= 0.6 is 0 Å². The molecule has 0 spiro atoms. The van der Waals surface area contributed by atoms with Gasteiger partial charge in [-0.2, -0.15) is 10.2 Å². The summed E-state index contributed by atoms with van der Waals surface area (Å²) in [6, 6.07) is 3.58. The molecular weight excluding hydrogens is 248 g/mol. The van der Waals surface area contributed by atoms with Crippen LogP contribution in [-0.4, -0.2) is 40.4 Å². The molecule has 0 fully saturated rings. The lowest BCUT2D eigenvalue weighted by molar-refractivity contribution is -0.137. The number of aliphatic carboxylic acids is 1. The summed E-state index contributed by atoms with van der Waals surface area (Å²) >= 11 is 0. The topological polar surface area (TPSA) is 98.2 Å². The maximum Gasteiger partial charge on any atom is 0.325 e. The Labute approximate surface area is 107 Å². The third-order valence-corrected chi connectivity index (χ3v) is 2.57. The molecule has 3 aromatic heterocycles. The van der Waals surface area contributed by atoms with Crippen LogP contribution in [0.2, 0.25) is 0 Å². The number of carboxylic acids is 1. The summed E-state index contributed by atoms with van der Waals surface area (Å²) in [5, 5.41) is 17.1. The van der Waals surface area contributed by atoms with Gasteiger partial charge in [-0.15, -0.1) is 0 Å². The highest BCUT2D eigenvalue weighted by Gasteiger charge is 2.16. The van der Waals surface area contributed by atoms with Gasteiger partial charge < -0.3 is 5.11 Å². The normalized spacial score (nSPS) is 11.0. The Morgan fingerprint density at radius 2 is 2.32 bits per heavy atom. The number of aromatic nitrogens is 6. The van der Waals surface area contributed by atoms with E-state index in [-0.39, 0.29) is 6.54 Å². The Kier molecular flexibility index (Phi) is 2.48. The Balaban J connectivity index is 2.18. The number of hydrogen-bond acceptors (Lipinski definition) is 5. The van der Waals surface area contributed by atoms with Crippen LogP contribution in [0.5, 0.6) is 0 Å². The highest BCUT2D eigenvalue weighted by Crippen LogP contribution is 2.17. The van der Waals surface area contributed by atoms with Gasteiger partial charge in [0.05, 0.1) is 6.20 Å². The zero-order chi connectivity index (χ0) is 13.4. The minimum atomic E-state index is -0.979. The van der Waals surface area contributed by atoms with Crippen LogP contribution in [0.3, 0.4) is 0 Å². The van der Waals surface area contributed by atoms with E-state index in [4.69, 9.17) is 5.11 Å². The quantitative estimate of drug-likeness (QED) is 0.729. The third-order valence-electron chi connectivity index (χ3n) is 2.57. The highest BCUT2D eigenvalue weighted by atomic mass is 16.4. The Hall–Kier alpha value is -2.77. The molecule has 3 rings (SSSR count). The molecule has 0 aliphatic rings. The van der Waals surface area contributed by atoms with Gasteiger partial charge in [0.1, 0.15) is 18.1 Å². The molecule has 0 radical (unpaired) electrons. The SMILES string of the molecule is Cc1nc(-c2cnc3cccnn23)n(CC(=O)O)n1. The van der Waals surface area contributed by atoms with Crippen molar-refractivity contribution < 1.29 is 9.90 Å². The fourth-order valence-electron chi connectivity index (χ4n) is 1.87. The van der Waals surface area contributed by atoms with E-state index in [0.29, 0.717) is 23.0 Å². The molecule has 0 saturated carbocycles. The first-order chi connectivity index (χ1) is 9.15. The second kappa shape index (κ2) is 4.16. The molecular formula is C11H10N6O2. The fourth-order valence-corrected chi connectivity index (χ4v) is 1.87. The summed E-state index contributed by atoms with van der Waals surface area (Å²) in [4.78, 5) is 19.3. The molecule has 0 aromatic carbocycles. The molecule has 3 heterocycles. The summed E-state index contributed by atoms with van der Waals surface area (Å²) in [6.45, 7) is 1.45. The van der Waals surface area contributed by atoms with Gasteiger partial charge in [-0.3, -0.25) is 4.79 Å². The molecule has 3 aromatic rings. The van der Waals surface area contributed by atoms with E-state index < -0.39 is 5.97 Å². The lowest BCUT2D eigenvalue weighted by Gasteiger charge is -2.01. The predicted molar refractivity (Wildman–Crippen MR) is 64.4 cm³/mol. The van der Waals surface area contributed by atoms with Gasteiger partial charge in [-0.1, -0.05) is 0 Å². The molecule has 0 bridgehead atoms. The first-order valence-corrected chi connectivity index (χ1v) is 5.57. The molecule has 19 heavy (non-hydrogen) atoms. The van der Waals surface area contributed by atoms with Gasteiger partial charge in [0.15, 0.2) is 11.5 Å². The van der Waals surface area contributed by atoms with Gasteiger partial charge in [0.25, 0.3) is 0 Å². The summed E-state index contributed by atoms with van der Waals surface area (Å²) in [7, 11) is 0.